The summed E-state index contributed by atoms with van der Waals surface area (Å²) in [5.41, 5.74) is 1.86. The second-order valence-corrected chi connectivity index (χ2v) is 18.8. The molecule has 4 aromatic rings. The van der Waals surface area contributed by atoms with Crippen LogP contribution in [0.3, 0.4) is 0 Å². The summed E-state index contributed by atoms with van der Waals surface area (Å²) in [6.07, 6.45) is 4.10. The number of methoxy groups -OCH3 is 1. The van der Waals surface area contributed by atoms with E-state index in [9.17, 15) is 5.11 Å². The number of aliphatic hydroxyl groups is 1. The summed E-state index contributed by atoms with van der Waals surface area (Å²) in [5, 5.41) is 13.8. The molecular weight excluding hydrogens is 641 g/mol. The Kier molecular flexibility index (Phi) is 14.0. The van der Waals surface area contributed by atoms with Gasteiger partial charge in [-0.05, 0) is 59.4 Å². The Morgan fingerprint density at radius 3 is 1.92 bits per heavy atom. The second kappa shape index (κ2) is 18.0. The molecule has 2 atom stereocenters. The number of hydrogen-bond donors (Lipinski definition) is 1. The fourth-order valence-electron chi connectivity index (χ4n) is 6.39. The lowest BCUT2D eigenvalue weighted by Crippen LogP contribution is -2.66. The van der Waals surface area contributed by atoms with Crippen molar-refractivity contribution in [1.82, 2.24) is 0 Å². The monoisotopic (exact) mass is 696 g/mol. The van der Waals surface area contributed by atoms with Crippen molar-refractivity contribution in [1.29, 1.82) is 0 Å². The van der Waals surface area contributed by atoms with Crippen LogP contribution in [0.15, 0.2) is 115 Å². The van der Waals surface area contributed by atoms with Gasteiger partial charge in [0.2, 0.25) is 0 Å². The van der Waals surface area contributed by atoms with Crippen molar-refractivity contribution >= 4 is 18.7 Å². The molecule has 1 N–H and O–H groups in total. The molecule has 4 aromatic carbocycles. The number of ether oxygens (including phenoxy) is 4. The van der Waals surface area contributed by atoms with Crippen molar-refractivity contribution in [3.63, 3.8) is 0 Å². The van der Waals surface area contributed by atoms with Gasteiger partial charge in [0, 0.05) is 31.6 Å². The molecule has 0 radical (unpaired) electrons. The molecule has 0 aliphatic heterocycles. The van der Waals surface area contributed by atoms with Gasteiger partial charge in [-0.3, -0.25) is 0 Å². The lowest BCUT2D eigenvalue weighted by Gasteiger charge is -2.43. The minimum absolute atomic E-state index is 0.0216. The third kappa shape index (κ3) is 10.2. The first kappa shape index (κ1) is 39.1. The Hall–Kier alpha value is -3.72. The summed E-state index contributed by atoms with van der Waals surface area (Å²) in [5.74, 6) is 1.41. The first-order chi connectivity index (χ1) is 23.9. The van der Waals surface area contributed by atoms with Crippen LogP contribution in [0.25, 0.3) is 0 Å². The highest BCUT2D eigenvalue weighted by Crippen LogP contribution is 2.38. The Morgan fingerprint density at radius 1 is 0.800 bits per heavy atom. The van der Waals surface area contributed by atoms with Crippen LogP contribution in [-0.2, 0) is 20.5 Å². The highest BCUT2D eigenvalue weighted by Gasteiger charge is 2.50. The third-order valence-corrected chi connectivity index (χ3v) is 14.1. The highest BCUT2D eigenvalue weighted by molar-refractivity contribution is 6.99. The summed E-state index contributed by atoms with van der Waals surface area (Å²) in [7, 11) is -1.15. The van der Waals surface area contributed by atoms with Crippen LogP contribution in [0, 0.1) is 6.92 Å². The van der Waals surface area contributed by atoms with E-state index in [1.165, 1.54) is 10.4 Å². The molecule has 0 unspecified atom stereocenters. The van der Waals surface area contributed by atoms with Crippen molar-refractivity contribution in [3.8, 4) is 11.5 Å². The van der Waals surface area contributed by atoms with Crippen LogP contribution in [0.1, 0.15) is 70.6 Å². The minimum atomic E-state index is -2.76. The van der Waals surface area contributed by atoms with Gasteiger partial charge in [0.05, 0.1) is 18.8 Å². The van der Waals surface area contributed by atoms with E-state index in [-0.39, 0.29) is 17.7 Å². The maximum absolute atomic E-state index is 11.5. The van der Waals surface area contributed by atoms with Crippen LogP contribution in [0.4, 0.5) is 0 Å². The molecule has 7 heteroatoms. The largest absolute Gasteiger partial charge is 0.487 e. The lowest BCUT2D eigenvalue weighted by atomic mass is 9.96. The normalized spacial score (nSPS) is 13.7. The molecule has 4 rings (SSSR count). The number of benzene rings is 4. The fourth-order valence-corrected chi connectivity index (χ4v) is 11.0. The Balaban J connectivity index is 1.59. The average molecular weight is 697 g/mol. The second-order valence-electron chi connectivity index (χ2n) is 14.5. The molecular formula is C43H56O6Si. The van der Waals surface area contributed by atoms with Crippen molar-refractivity contribution in [2.24, 2.45) is 0 Å². The van der Waals surface area contributed by atoms with E-state index in [1.807, 2.05) is 55.5 Å². The number of allylic oxidation sites excluding steroid dienone is 1. The van der Waals surface area contributed by atoms with Crippen molar-refractivity contribution < 1.29 is 28.5 Å². The van der Waals surface area contributed by atoms with Crippen LogP contribution in [0.5, 0.6) is 11.5 Å². The van der Waals surface area contributed by atoms with E-state index in [0.717, 1.165) is 22.4 Å². The predicted octanol–water partition coefficient (Wildman–Crippen LogP) is 8.34. The van der Waals surface area contributed by atoms with E-state index >= 15 is 0 Å². The van der Waals surface area contributed by atoms with Gasteiger partial charge in [0.15, 0.2) is 6.79 Å². The molecule has 0 aliphatic carbocycles. The minimum Gasteiger partial charge on any atom is -0.487 e. The van der Waals surface area contributed by atoms with Gasteiger partial charge < -0.3 is 28.5 Å². The first-order valence-electron chi connectivity index (χ1n) is 17.6. The van der Waals surface area contributed by atoms with Crippen LogP contribution in [-0.4, -0.2) is 52.2 Å². The molecule has 0 aromatic heterocycles. The van der Waals surface area contributed by atoms with E-state index in [1.54, 1.807) is 21.0 Å². The van der Waals surface area contributed by atoms with Gasteiger partial charge >= 0.3 is 0 Å². The quantitative estimate of drug-likeness (QED) is 0.0489. The number of rotatable bonds is 18. The van der Waals surface area contributed by atoms with Gasteiger partial charge in [-0.15, -0.1) is 0 Å². The molecule has 268 valence electrons. The zero-order valence-corrected chi connectivity index (χ0v) is 32.1. The van der Waals surface area contributed by atoms with Gasteiger partial charge in [-0.25, -0.2) is 0 Å². The van der Waals surface area contributed by atoms with Crippen LogP contribution >= 0.6 is 0 Å². The molecule has 6 nitrogen and oxygen atoms in total. The summed E-state index contributed by atoms with van der Waals surface area (Å²) in [6.45, 7) is 16.1. The van der Waals surface area contributed by atoms with Gasteiger partial charge in [0.1, 0.15) is 17.6 Å². The van der Waals surface area contributed by atoms with E-state index in [4.69, 9.17) is 23.4 Å². The SMILES string of the molecule is COCOc1cc([C@H](C)/C=C/COCc2ccccc2)c(O[C@H](CCO[Si](c2ccccc2)(c2ccccc2)C(C)(C)C)C(C)(C)O)cc1C. The Labute approximate surface area is 301 Å². The predicted molar refractivity (Wildman–Crippen MR) is 206 cm³/mol. The highest BCUT2D eigenvalue weighted by atomic mass is 28.4. The summed E-state index contributed by atoms with van der Waals surface area (Å²) < 4.78 is 31.0. The fraction of sp³-hybridized carbons (Fsp3) is 0.395. The molecule has 0 saturated heterocycles. The molecule has 50 heavy (non-hydrogen) atoms. The topological polar surface area (TPSA) is 66.4 Å². The lowest BCUT2D eigenvalue weighted by molar-refractivity contribution is -0.0427. The number of hydrogen-bond acceptors (Lipinski definition) is 6. The van der Waals surface area contributed by atoms with E-state index < -0.39 is 20.0 Å². The molecule has 0 aliphatic rings. The summed E-state index contributed by atoms with van der Waals surface area (Å²) in [4.78, 5) is 0. The van der Waals surface area contributed by atoms with Crippen molar-refractivity contribution in [2.45, 2.75) is 84.2 Å². The summed E-state index contributed by atoms with van der Waals surface area (Å²) in [6, 6.07) is 35.4. The van der Waals surface area contributed by atoms with Crippen molar-refractivity contribution in [2.75, 3.05) is 27.1 Å². The molecule has 0 fully saturated rings. The number of aryl methyl sites for hydroxylation is 1. The van der Waals surface area contributed by atoms with Crippen molar-refractivity contribution in [3.05, 3.63) is 132 Å². The van der Waals surface area contributed by atoms with Gasteiger partial charge in [-0.1, -0.05) is 131 Å². The van der Waals surface area contributed by atoms with Gasteiger partial charge in [0.25, 0.3) is 8.32 Å². The maximum Gasteiger partial charge on any atom is 0.261 e. The molecule has 0 amide bonds. The Morgan fingerprint density at radius 2 is 1.38 bits per heavy atom. The molecule has 0 spiro atoms. The van der Waals surface area contributed by atoms with Gasteiger partial charge in [-0.2, -0.15) is 0 Å². The molecule has 0 heterocycles. The van der Waals surface area contributed by atoms with E-state index in [0.29, 0.717) is 32.0 Å². The third-order valence-electron chi connectivity index (χ3n) is 9.05. The van der Waals surface area contributed by atoms with Crippen LogP contribution in [0.2, 0.25) is 5.04 Å². The van der Waals surface area contributed by atoms with E-state index in [2.05, 4.69) is 94.4 Å². The maximum atomic E-state index is 11.5. The molecule has 0 saturated carbocycles. The molecule has 0 bridgehead atoms. The summed E-state index contributed by atoms with van der Waals surface area (Å²) >= 11 is 0. The van der Waals surface area contributed by atoms with Crippen LogP contribution < -0.4 is 19.8 Å². The standard InChI is InChI=1S/C43H56O6Si/c1-33(19-18-27-46-31-35-20-12-9-13-21-35)38-30-39(47-32-45-8)34(2)29-40(38)49-41(43(6,7)44)26-28-48-50(42(3,4)5,36-22-14-10-15-23-36)37-24-16-11-17-25-37/h9-25,29-30,33,41,44H,26-28,31-32H2,1-8H3/b19-18+/t33-,41-/m1/s1. The Bertz CT molecular complexity index is 1570. The smallest absolute Gasteiger partial charge is 0.261 e. The zero-order chi connectivity index (χ0) is 36.2. The zero-order valence-electron chi connectivity index (χ0n) is 31.1. The average Bonchev–Trinajstić information content (AvgIpc) is 3.09. The first-order valence-corrected chi connectivity index (χ1v) is 19.5.